The molecule has 1 aliphatic heterocycles. The number of nitrogens with one attached hydrogen (secondary N) is 2. The zero-order valence-electron chi connectivity index (χ0n) is 19.1. The summed E-state index contributed by atoms with van der Waals surface area (Å²) in [4.78, 5) is 24.9. The Balaban J connectivity index is 1.18. The molecule has 0 radical (unpaired) electrons. The number of sulfonamides is 1. The summed E-state index contributed by atoms with van der Waals surface area (Å²) >= 11 is 0. The number of nitrogens with zero attached hydrogens (tertiary/aromatic N) is 1. The van der Waals surface area contributed by atoms with Crippen molar-refractivity contribution in [3.05, 3.63) is 59.2 Å². The molecule has 2 aliphatic rings. The summed E-state index contributed by atoms with van der Waals surface area (Å²) in [5.41, 5.74) is 2.76. The molecule has 9 heteroatoms. The van der Waals surface area contributed by atoms with Crippen molar-refractivity contribution in [3.8, 4) is 5.75 Å². The molecule has 2 aromatic carbocycles. The number of hydrogen-bond donors (Lipinski definition) is 3. The molecule has 0 spiro atoms. The van der Waals surface area contributed by atoms with Gasteiger partial charge in [0.25, 0.3) is 5.91 Å². The van der Waals surface area contributed by atoms with Gasteiger partial charge in [-0.05, 0) is 80.0 Å². The topological polar surface area (TPSA) is 116 Å². The van der Waals surface area contributed by atoms with Gasteiger partial charge in [0.15, 0.2) is 0 Å². The molecule has 182 valence electrons. The van der Waals surface area contributed by atoms with Crippen molar-refractivity contribution in [1.29, 1.82) is 0 Å². The van der Waals surface area contributed by atoms with Crippen LogP contribution in [0.1, 0.15) is 47.2 Å². The van der Waals surface area contributed by atoms with Gasteiger partial charge >= 0.3 is 0 Å². The van der Waals surface area contributed by atoms with E-state index in [0.29, 0.717) is 55.9 Å². The minimum atomic E-state index is -3.55. The first-order valence-corrected chi connectivity index (χ1v) is 13.3. The number of phenolic OH excluding ortho intramolecular Hbond substituents is 1. The number of aryl methyl sites for hydroxylation is 2. The van der Waals surface area contributed by atoms with E-state index in [0.717, 1.165) is 24.8 Å². The average molecular weight is 486 g/mol. The van der Waals surface area contributed by atoms with Crippen LogP contribution in [0.15, 0.2) is 47.4 Å². The standard InChI is InChI=1S/C25H31N3O5S/c29-22-7-2-6-21(16-22)25(31)27-13-3-12-26-24(30)19-10-14-28(15-11-19)34(32,33)23-9-8-18-4-1-5-20(18)17-23/h2,6-9,16-17,19,29H,1,3-5,10-15H2,(H,26,30)(H,27,31). The van der Waals surface area contributed by atoms with Gasteiger partial charge in [-0.2, -0.15) is 4.31 Å². The molecule has 0 atom stereocenters. The summed E-state index contributed by atoms with van der Waals surface area (Å²) in [6.07, 6.45) is 4.57. The van der Waals surface area contributed by atoms with E-state index in [1.165, 1.54) is 22.0 Å². The number of amides is 2. The van der Waals surface area contributed by atoms with Crippen molar-refractivity contribution in [2.24, 2.45) is 5.92 Å². The maximum atomic E-state index is 13.1. The van der Waals surface area contributed by atoms with Gasteiger partial charge in [0.1, 0.15) is 5.75 Å². The van der Waals surface area contributed by atoms with Crippen LogP contribution in [0, 0.1) is 5.92 Å². The number of benzene rings is 2. The summed E-state index contributed by atoms with van der Waals surface area (Å²) < 4.78 is 27.6. The second-order valence-corrected chi connectivity index (χ2v) is 10.9. The molecule has 1 fully saturated rings. The lowest BCUT2D eigenvalue weighted by molar-refractivity contribution is -0.126. The number of phenols is 1. The molecule has 1 saturated heterocycles. The van der Waals surface area contributed by atoms with Gasteiger partial charge in [-0.25, -0.2) is 8.42 Å². The number of aromatic hydroxyl groups is 1. The second kappa shape index (κ2) is 10.6. The number of carbonyl (C=O) groups is 2. The van der Waals surface area contributed by atoms with Crippen LogP contribution >= 0.6 is 0 Å². The van der Waals surface area contributed by atoms with E-state index in [-0.39, 0.29) is 23.5 Å². The SMILES string of the molecule is O=C(NCCCNC(=O)C1CCN(S(=O)(=O)c2ccc3c(c2)CCC3)CC1)c1cccc(O)c1. The minimum absolute atomic E-state index is 0.0334. The van der Waals surface area contributed by atoms with Crippen LogP contribution in [0.2, 0.25) is 0 Å². The van der Waals surface area contributed by atoms with Crippen molar-refractivity contribution in [2.75, 3.05) is 26.2 Å². The fourth-order valence-corrected chi connectivity index (χ4v) is 6.13. The molecule has 8 nitrogen and oxygen atoms in total. The summed E-state index contributed by atoms with van der Waals surface area (Å²) in [5, 5.41) is 15.1. The van der Waals surface area contributed by atoms with Crippen LogP contribution in [-0.4, -0.2) is 55.8 Å². The van der Waals surface area contributed by atoms with Gasteiger partial charge in [-0.3, -0.25) is 9.59 Å². The average Bonchev–Trinajstić information content (AvgIpc) is 3.32. The van der Waals surface area contributed by atoms with E-state index in [9.17, 15) is 23.1 Å². The Morgan fingerprint density at radius 1 is 0.971 bits per heavy atom. The van der Waals surface area contributed by atoms with Crippen LogP contribution in [0.4, 0.5) is 0 Å². The molecule has 4 rings (SSSR count). The molecule has 3 N–H and O–H groups in total. The van der Waals surface area contributed by atoms with Gasteiger partial charge in [0.05, 0.1) is 4.90 Å². The Kier molecular flexibility index (Phi) is 7.53. The maximum absolute atomic E-state index is 13.1. The first-order valence-electron chi connectivity index (χ1n) is 11.8. The Morgan fingerprint density at radius 3 is 2.47 bits per heavy atom. The number of piperidine rings is 1. The number of fused-ring (bicyclic) bond motifs is 1. The third kappa shape index (κ3) is 5.59. The number of carbonyl (C=O) groups excluding carboxylic acids is 2. The Bertz CT molecular complexity index is 1160. The van der Waals surface area contributed by atoms with Gasteiger partial charge in [0.2, 0.25) is 15.9 Å². The van der Waals surface area contributed by atoms with Crippen molar-refractivity contribution in [3.63, 3.8) is 0 Å². The van der Waals surface area contributed by atoms with Crippen molar-refractivity contribution in [1.82, 2.24) is 14.9 Å². The van der Waals surface area contributed by atoms with E-state index in [2.05, 4.69) is 10.6 Å². The van der Waals surface area contributed by atoms with Crippen LogP contribution in [-0.2, 0) is 27.7 Å². The van der Waals surface area contributed by atoms with Gasteiger partial charge in [0, 0.05) is 37.7 Å². The number of hydrogen-bond acceptors (Lipinski definition) is 5. The molecule has 1 heterocycles. The van der Waals surface area contributed by atoms with E-state index in [4.69, 9.17) is 0 Å². The van der Waals surface area contributed by atoms with E-state index >= 15 is 0 Å². The van der Waals surface area contributed by atoms with Crippen LogP contribution in [0.3, 0.4) is 0 Å². The summed E-state index contributed by atoms with van der Waals surface area (Å²) in [7, 11) is -3.55. The van der Waals surface area contributed by atoms with Crippen molar-refractivity contribution < 1.29 is 23.1 Å². The van der Waals surface area contributed by atoms with Gasteiger partial charge < -0.3 is 15.7 Å². The van der Waals surface area contributed by atoms with E-state index < -0.39 is 10.0 Å². The van der Waals surface area contributed by atoms with Crippen molar-refractivity contribution in [2.45, 2.75) is 43.4 Å². The smallest absolute Gasteiger partial charge is 0.251 e. The lowest BCUT2D eigenvalue weighted by Gasteiger charge is -2.30. The van der Waals surface area contributed by atoms with Crippen LogP contribution in [0.25, 0.3) is 0 Å². The minimum Gasteiger partial charge on any atom is -0.508 e. The summed E-state index contributed by atoms with van der Waals surface area (Å²) in [5.74, 6) is -0.535. The summed E-state index contributed by atoms with van der Waals surface area (Å²) in [6.45, 7) is 1.48. The molecule has 2 aromatic rings. The zero-order valence-corrected chi connectivity index (χ0v) is 19.9. The van der Waals surface area contributed by atoms with Crippen LogP contribution in [0.5, 0.6) is 5.75 Å². The molecule has 0 bridgehead atoms. The lowest BCUT2D eigenvalue weighted by Crippen LogP contribution is -2.43. The quantitative estimate of drug-likeness (QED) is 0.496. The molecule has 0 unspecified atom stereocenters. The highest BCUT2D eigenvalue weighted by molar-refractivity contribution is 7.89. The molecule has 34 heavy (non-hydrogen) atoms. The van der Waals surface area contributed by atoms with Gasteiger partial charge in [-0.1, -0.05) is 12.1 Å². The Hall–Kier alpha value is -2.91. The molecule has 1 aliphatic carbocycles. The normalized spacial score (nSPS) is 16.7. The molecular formula is C25H31N3O5S. The van der Waals surface area contributed by atoms with Crippen LogP contribution < -0.4 is 10.6 Å². The molecule has 2 amide bonds. The second-order valence-electron chi connectivity index (χ2n) is 8.91. The fourth-order valence-electron chi connectivity index (χ4n) is 4.61. The highest BCUT2D eigenvalue weighted by Crippen LogP contribution is 2.28. The predicted octanol–water partition coefficient (Wildman–Crippen LogP) is 2.22. The maximum Gasteiger partial charge on any atom is 0.251 e. The van der Waals surface area contributed by atoms with E-state index in [1.807, 2.05) is 12.1 Å². The zero-order chi connectivity index (χ0) is 24.1. The van der Waals surface area contributed by atoms with E-state index in [1.54, 1.807) is 18.2 Å². The largest absolute Gasteiger partial charge is 0.508 e. The molecule has 0 aromatic heterocycles. The van der Waals surface area contributed by atoms with Crippen molar-refractivity contribution >= 4 is 21.8 Å². The predicted molar refractivity (Wildman–Crippen MR) is 128 cm³/mol. The fraction of sp³-hybridized carbons (Fsp3) is 0.440. The number of rotatable bonds is 8. The Labute approximate surface area is 200 Å². The van der Waals surface area contributed by atoms with Gasteiger partial charge in [-0.15, -0.1) is 0 Å². The third-order valence-electron chi connectivity index (χ3n) is 6.58. The first-order chi connectivity index (χ1) is 16.3. The highest BCUT2D eigenvalue weighted by atomic mass is 32.2. The monoisotopic (exact) mass is 485 g/mol. The lowest BCUT2D eigenvalue weighted by atomic mass is 9.97. The Morgan fingerprint density at radius 2 is 1.71 bits per heavy atom. The summed E-state index contributed by atoms with van der Waals surface area (Å²) in [6, 6.07) is 11.6. The molecular weight excluding hydrogens is 454 g/mol. The third-order valence-corrected chi connectivity index (χ3v) is 8.47. The first kappa shape index (κ1) is 24.2. The molecule has 0 saturated carbocycles. The highest BCUT2D eigenvalue weighted by Gasteiger charge is 2.32.